The standard InChI is InChI=1S/C9H14F3NO3/c1-13(5-9(10,11)12)4-6-2-3-7(16-6)8(14)15/h6-7H,2-5H2,1H3,(H,14,15). The quantitative estimate of drug-likeness (QED) is 0.801. The maximum absolute atomic E-state index is 12.0. The molecule has 94 valence electrons. The van der Waals surface area contributed by atoms with Crippen LogP contribution in [0.2, 0.25) is 0 Å². The van der Waals surface area contributed by atoms with Gasteiger partial charge in [0.15, 0.2) is 6.10 Å². The van der Waals surface area contributed by atoms with E-state index in [1.54, 1.807) is 0 Å². The number of carboxylic acids is 1. The highest BCUT2D eigenvalue weighted by Crippen LogP contribution is 2.22. The summed E-state index contributed by atoms with van der Waals surface area (Å²) in [6.45, 7) is -0.909. The van der Waals surface area contributed by atoms with Gasteiger partial charge in [-0.1, -0.05) is 0 Å². The number of likely N-dealkylation sites (N-methyl/N-ethyl adjacent to an activating group) is 1. The van der Waals surface area contributed by atoms with E-state index >= 15 is 0 Å². The van der Waals surface area contributed by atoms with Gasteiger partial charge in [0.1, 0.15) is 0 Å². The molecule has 1 aliphatic heterocycles. The number of carbonyl (C=O) groups is 1. The second-order valence-corrected chi connectivity index (χ2v) is 3.97. The zero-order chi connectivity index (χ0) is 12.3. The summed E-state index contributed by atoms with van der Waals surface area (Å²) in [7, 11) is 1.34. The third-order valence-corrected chi connectivity index (χ3v) is 2.35. The van der Waals surface area contributed by atoms with Crippen molar-refractivity contribution in [2.75, 3.05) is 20.1 Å². The van der Waals surface area contributed by atoms with Gasteiger partial charge in [-0.25, -0.2) is 4.79 Å². The number of halogens is 3. The minimum Gasteiger partial charge on any atom is -0.479 e. The molecule has 1 saturated heterocycles. The molecule has 0 saturated carbocycles. The van der Waals surface area contributed by atoms with E-state index in [2.05, 4.69) is 0 Å². The Kier molecular flexibility index (Phi) is 4.15. The molecule has 2 atom stereocenters. The molecule has 1 fully saturated rings. The first kappa shape index (κ1) is 13.2. The fraction of sp³-hybridized carbons (Fsp3) is 0.889. The number of hydrogen-bond acceptors (Lipinski definition) is 3. The highest BCUT2D eigenvalue weighted by Gasteiger charge is 2.34. The fourth-order valence-electron chi connectivity index (χ4n) is 1.74. The third-order valence-electron chi connectivity index (χ3n) is 2.35. The molecule has 0 aromatic heterocycles. The minimum absolute atomic E-state index is 0.100. The Morgan fingerprint density at radius 3 is 2.56 bits per heavy atom. The predicted molar refractivity (Wildman–Crippen MR) is 49.1 cm³/mol. The largest absolute Gasteiger partial charge is 0.479 e. The Balaban J connectivity index is 2.31. The Hall–Kier alpha value is -0.820. The van der Waals surface area contributed by atoms with Crippen LogP contribution in [0.5, 0.6) is 0 Å². The van der Waals surface area contributed by atoms with Crippen molar-refractivity contribution in [3.63, 3.8) is 0 Å². The molecule has 7 heteroatoms. The molecule has 1 aliphatic rings. The van der Waals surface area contributed by atoms with Crippen LogP contribution in [0.4, 0.5) is 13.2 Å². The van der Waals surface area contributed by atoms with E-state index in [9.17, 15) is 18.0 Å². The van der Waals surface area contributed by atoms with E-state index in [1.165, 1.54) is 7.05 Å². The molecule has 1 heterocycles. The molecule has 4 nitrogen and oxygen atoms in total. The fourth-order valence-corrected chi connectivity index (χ4v) is 1.74. The third kappa shape index (κ3) is 4.36. The Bertz CT molecular complexity index is 257. The SMILES string of the molecule is CN(CC1CCC(C(=O)O)O1)CC(F)(F)F. The summed E-state index contributed by atoms with van der Waals surface area (Å²) in [4.78, 5) is 11.6. The zero-order valence-electron chi connectivity index (χ0n) is 8.83. The van der Waals surface area contributed by atoms with Crippen molar-refractivity contribution < 1.29 is 27.8 Å². The highest BCUT2D eigenvalue weighted by molar-refractivity contribution is 5.72. The van der Waals surface area contributed by atoms with Crippen molar-refractivity contribution in [2.24, 2.45) is 0 Å². The normalized spacial score (nSPS) is 26.3. The first-order valence-corrected chi connectivity index (χ1v) is 4.91. The van der Waals surface area contributed by atoms with Gasteiger partial charge in [-0.05, 0) is 19.9 Å². The lowest BCUT2D eigenvalue weighted by Crippen LogP contribution is -2.36. The lowest BCUT2D eigenvalue weighted by molar-refractivity contribution is -0.154. The first-order valence-electron chi connectivity index (χ1n) is 4.91. The van der Waals surface area contributed by atoms with Crippen LogP contribution in [0.25, 0.3) is 0 Å². The average Bonchev–Trinajstić information content (AvgIpc) is 2.48. The number of hydrogen-bond donors (Lipinski definition) is 1. The van der Waals surface area contributed by atoms with E-state index in [0.717, 1.165) is 4.90 Å². The maximum atomic E-state index is 12.0. The second-order valence-electron chi connectivity index (χ2n) is 3.97. The van der Waals surface area contributed by atoms with Gasteiger partial charge < -0.3 is 9.84 Å². The van der Waals surface area contributed by atoms with Crippen molar-refractivity contribution in [3.05, 3.63) is 0 Å². The summed E-state index contributed by atoms with van der Waals surface area (Å²) in [5.74, 6) is -1.05. The van der Waals surface area contributed by atoms with E-state index < -0.39 is 30.9 Å². The van der Waals surface area contributed by atoms with Gasteiger partial charge in [-0.3, -0.25) is 4.90 Å². The maximum Gasteiger partial charge on any atom is 0.401 e. The lowest BCUT2D eigenvalue weighted by atomic mass is 10.2. The van der Waals surface area contributed by atoms with Crippen LogP contribution in [0.1, 0.15) is 12.8 Å². The molecule has 0 bridgehead atoms. The van der Waals surface area contributed by atoms with E-state index in [4.69, 9.17) is 9.84 Å². The van der Waals surface area contributed by atoms with Gasteiger partial charge in [-0.2, -0.15) is 13.2 Å². The number of aliphatic carboxylic acids is 1. The molecule has 0 aromatic carbocycles. The highest BCUT2D eigenvalue weighted by atomic mass is 19.4. The number of alkyl halides is 3. The molecule has 0 amide bonds. The molecule has 0 aliphatic carbocycles. The van der Waals surface area contributed by atoms with Gasteiger partial charge in [0.2, 0.25) is 0 Å². The van der Waals surface area contributed by atoms with Gasteiger partial charge in [-0.15, -0.1) is 0 Å². The summed E-state index contributed by atoms with van der Waals surface area (Å²) >= 11 is 0. The molecule has 0 aromatic rings. The van der Waals surface area contributed by atoms with E-state index in [1.807, 2.05) is 0 Å². The number of carboxylic acid groups (broad SMARTS) is 1. The van der Waals surface area contributed by atoms with Gasteiger partial charge in [0.25, 0.3) is 0 Å². The average molecular weight is 241 g/mol. The summed E-state index contributed by atoms with van der Waals surface area (Å²) < 4.78 is 41.1. The van der Waals surface area contributed by atoms with Crippen LogP contribution in [-0.4, -0.2) is 54.5 Å². The number of rotatable bonds is 4. The first-order chi connectivity index (χ1) is 7.28. The second kappa shape index (κ2) is 5.01. The van der Waals surface area contributed by atoms with Gasteiger partial charge in [0.05, 0.1) is 12.6 Å². The summed E-state index contributed by atoms with van der Waals surface area (Å²) in [5, 5.41) is 8.63. The Labute approximate surface area is 91.0 Å². The van der Waals surface area contributed by atoms with E-state index in [0.29, 0.717) is 12.8 Å². The number of ether oxygens (including phenoxy) is 1. The Morgan fingerprint density at radius 2 is 2.12 bits per heavy atom. The predicted octanol–water partition coefficient (Wildman–Crippen LogP) is 1.11. The zero-order valence-corrected chi connectivity index (χ0v) is 8.83. The van der Waals surface area contributed by atoms with Crippen molar-refractivity contribution >= 4 is 5.97 Å². The summed E-state index contributed by atoms with van der Waals surface area (Å²) in [6, 6.07) is 0. The van der Waals surface area contributed by atoms with Crippen molar-refractivity contribution in [2.45, 2.75) is 31.2 Å². The van der Waals surface area contributed by atoms with Gasteiger partial charge in [0, 0.05) is 6.54 Å². The minimum atomic E-state index is -4.24. The van der Waals surface area contributed by atoms with Crippen LogP contribution in [-0.2, 0) is 9.53 Å². The monoisotopic (exact) mass is 241 g/mol. The molecule has 0 radical (unpaired) electrons. The van der Waals surface area contributed by atoms with Crippen LogP contribution >= 0.6 is 0 Å². The molecule has 0 spiro atoms. The van der Waals surface area contributed by atoms with Crippen LogP contribution in [0.15, 0.2) is 0 Å². The topological polar surface area (TPSA) is 49.8 Å². The molecule has 16 heavy (non-hydrogen) atoms. The number of nitrogens with zero attached hydrogens (tertiary/aromatic N) is 1. The molecule has 2 unspecified atom stereocenters. The molecule has 1 rings (SSSR count). The summed E-state index contributed by atoms with van der Waals surface area (Å²) in [5.41, 5.74) is 0. The Morgan fingerprint density at radius 1 is 1.50 bits per heavy atom. The van der Waals surface area contributed by atoms with Crippen LogP contribution in [0.3, 0.4) is 0 Å². The van der Waals surface area contributed by atoms with Crippen molar-refractivity contribution in [1.82, 2.24) is 4.90 Å². The molecular weight excluding hydrogens is 227 g/mol. The van der Waals surface area contributed by atoms with Crippen molar-refractivity contribution in [1.29, 1.82) is 0 Å². The summed E-state index contributed by atoms with van der Waals surface area (Å²) in [6.07, 6.45) is -4.68. The van der Waals surface area contributed by atoms with E-state index in [-0.39, 0.29) is 6.54 Å². The van der Waals surface area contributed by atoms with Crippen LogP contribution < -0.4 is 0 Å². The molecule has 1 N–H and O–H groups in total. The van der Waals surface area contributed by atoms with Crippen molar-refractivity contribution in [3.8, 4) is 0 Å². The van der Waals surface area contributed by atoms with Crippen LogP contribution in [0, 0.1) is 0 Å². The van der Waals surface area contributed by atoms with Gasteiger partial charge >= 0.3 is 12.1 Å². The smallest absolute Gasteiger partial charge is 0.401 e. The lowest BCUT2D eigenvalue weighted by Gasteiger charge is -2.21. The molecular formula is C9H14F3NO3.